The lowest BCUT2D eigenvalue weighted by Crippen LogP contribution is -2.61. The highest BCUT2D eigenvalue weighted by atomic mass is 15.2. The molecule has 0 atom stereocenters. The predicted octanol–water partition coefficient (Wildman–Crippen LogP) is 11.7. The fourth-order valence-electron chi connectivity index (χ4n) is 8.33. The molecule has 0 aromatic heterocycles. The van der Waals surface area contributed by atoms with Crippen molar-refractivity contribution in [3.05, 3.63) is 175 Å². The van der Waals surface area contributed by atoms with Crippen LogP contribution in [0.3, 0.4) is 0 Å². The number of benzene rings is 7. The van der Waals surface area contributed by atoms with E-state index in [0.29, 0.717) is 0 Å². The lowest BCUT2D eigenvalue weighted by molar-refractivity contribution is 0.590. The molecule has 2 aliphatic rings. The van der Waals surface area contributed by atoms with E-state index in [-0.39, 0.29) is 17.5 Å². The fourth-order valence-corrected chi connectivity index (χ4v) is 8.33. The van der Waals surface area contributed by atoms with Crippen LogP contribution in [0.15, 0.2) is 164 Å². The molecule has 7 aromatic carbocycles. The summed E-state index contributed by atoms with van der Waals surface area (Å²) in [5.74, 6) is 0. The Balaban J connectivity index is 1.36. The first-order chi connectivity index (χ1) is 25.6. The molecule has 0 spiro atoms. The second-order valence-electron chi connectivity index (χ2n) is 16.7. The molecule has 53 heavy (non-hydrogen) atoms. The standard InChI is InChI=1S/C50H45BN2/c1-49(2,3)38-22-26-40(27-23-38)52-44-20-14-13-19-42(44)51-43-30-21-36(34-15-9-7-10-16-34)31-45(43)53(41-28-24-39(25-29-41)50(4,5)6)47-33-37(32-46(52)48(47)51)35-17-11-8-12-18-35/h7-33H,1-6H3. The van der Waals surface area contributed by atoms with Crippen LogP contribution in [0.4, 0.5) is 34.1 Å². The zero-order valence-electron chi connectivity index (χ0n) is 31.6. The molecule has 0 amide bonds. The first-order valence-corrected chi connectivity index (χ1v) is 18.9. The zero-order chi connectivity index (χ0) is 36.5. The third-order valence-electron chi connectivity index (χ3n) is 11.2. The molecule has 0 saturated heterocycles. The summed E-state index contributed by atoms with van der Waals surface area (Å²) in [5.41, 5.74) is 18.8. The number of fused-ring (bicyclic) bond motifs is 4. The van der Waals surface area contributed by atoms with Gasteiger partial charge in [-0.05, 0) is 109 Å². The van der Waals surface area contributed by atoms with Crippen molar-refractivity contribution in [2.75, 3.05) is 9.80 Å². The predicted molar refractivity (Wildman–Crippen MR) is 229 cm³/mol. The number of para-hydroxylation sites is 1. The molecule has 7 aromatic rings. The van der Waals surface area contributed by atoms with E-state index in [9.17, 15) is 0 Å². The molecule has 258 valence electrons. The molecule has 9 rings (SSSR count). The Bertz CT molecular complexity index is 2450. The molecular formula is C50H45BN2. The SMILES string of the molecule is CC(C)(C)c1ccc(N2c3ccccc3B3c4ccc(-c5ccccc5)cc4N(c4ccc(C(C)(C)C)cc4)c4cc(-c5ccccc5)cc2c43)cc1. The third-order valence-corrected chi connectivity index (χ3v) is 11.2. The van der Waals surface area contributed by atoms with Crippen LogP contribution in [-0.4, -0.2) is 6.71 Å². The van der Waals surface area contributed by atoms with E-state index in [0.717, 1.165) is 5.69 Å². The summed E-state index contributed by atoms with van der Waals surface area (Å²) in [7, 11) is 0. The minimum atomic E-state index is 0.0586. The van der Waals surface area contributed by atoms with Crippen molar-refractivity contribution in [3.63, 3.8) is 0 Å². The molecular weight excluding hydrogens is 639 g/mol. The van der Waals surface area contributed by atoms with Crippen LogP contribution in [0.2, 0.25) is 0 Å². The van der Waals surface area contributed by atoms with E-state index in [1.54, 1.807) is 0 Å². The van der Waals surface area contributed by atoms with Crippen molar-refractivity contribution in [2.45, 2.75) is 52.4 Å². The number of nitrogens with zero attached hydrogens (tertiary/aromatic N) is 2. The summed E-state index contributed by atoms with van der Waals surface area (Å²) in [6.45, 7) is 13.8. The summed E-state index contributed by atoms with van der Waals surface area (Å²) in [6.07, 6.45) is 0. The van der Waals surface area contributed by atoms with Gasteiger partial charge in [0.2, 0.25) is 0 Å². The Morgan fingerprint density at radius 2 is 0.792 bits per heavy atom. The molecule has 0 aliphatic carbocycles. The van der Waals surface area contributed by atoms with Gasteiger partial charge in [0.15, 0.2) is 0 Å². The maximum absolute atomic E-state index is 2.53. The van der Waals surface area contributed by atoms with Gasteiger partial charge in [0.25, 0.3) is 6.71 Å². The fraction of sp³-hybridized carbons (Fsp3) is 0.160. The maximum Gasteiger partial charge on any atom is 0.252 e. The summed E-state index contributed by atoms with van der Waals surface area (Å²) >= 11 is 0. The molecule has 0 radical (unpaired) electrons. The molecule has 3 heteroatoms. The molecule has 0 fully saturated rings. The van der Waals surface area contributed by atoms with E-state index >= 15 is 0 Å². The quantitative estimate of drug-likeness (QED) is 0.170. The Morgan fingerprint density at radius 1 is 0.358 bits per heavy atom. The Labute approximate surface area is 315 Å². The lowest BCUT2D eigenvalue weighted by Gasteiger charge is -2.44. The topological polar surface area (TPSA) is 6.48 Å². The van der Waals surface area contributed by atoms with Gasteiger partial charge in [0.1, 0.15) is 0 Å². The van der Waals surface area contributed by atoms with E-state index in [1.165, 1.54) is 78.2 Å². The number of rotatable bonds is 4. The summed E-state index contributed by atoms with van der Waals surface area (Å²) in [5, 5.41) is 0. The van der Waals surface area contributed by atoms with E-state index < -0.39 is 0 Å². The van der Waals surface area contributed by atoms with Gasteiger partial charge in [0, 0.05) is 34.1 Å². The van der Waals surface area contributed by atoms with Crippen LogP contribution in [0.25, 0.3) is 22.3 Å². The van der Waals surface area contributed by atoms with Crippen LogP contribution < -0.4 is 26.2 Å². The van der Waals surface area contributed by atoms with Crippen molar-refractivity contribution in [2.24, 2.45) is 0 Å². The highest BCUT2D eigenvalue weighted by Gasteiger charge is 2.43. The third kappa shape index (κ3) is 5.67. The second-order valence-corrected chi connectivity index (χ2v) is 16.7. The summed E-state index contributed by atoms with van der Waals surface area (Å²) in [4.78, 5) is 5.04. The van der Waals surface area contributed by atoms with Gasteiger partial charge in [-0.25, -0.2) is 0 Å². The zero-order valence-corrected chi connectivity index (χ0v) is 31.6. The second kappa shape index (κ2) is 12.4. The van der Waals surface area contributed by atoms with Crippen LogP contribution >= 0.6 is 0 Å². The number of anilines is 6. The highest BCUT2D eigenvalue weighted by molar-refractivity contribution is 7.00. The number of hydrogen-bond donors (Lipinski definition) is 0. The van der Waals surface area contributed by atoms with Crippen molar-refractivity contribution < 1.29 is 0 Å². The largest absolute Gasteiger partial charge is 0.311 e. The van der Waals surface area contributed by atoms with Crippen molar-refractivity contribution >= 4 is 57.2 Å². The Hall–Kier alpha value is -5.80. The maximum atomic E-state index is 2.53. The molecule has 2 aliphatic heterocycles. The van der Waals surface area contributed by atoms with Gasteiger partial charge in [-0.1, -0.05) is 157 Å². The Kier molecular flexibility index (Phi) is 7.75. The molecule has 0 N–H and O–H groups in total. The highest BCUT2D eigenvalue weighted by Crippen LogP contribution is 2.47. The molecule has 2 heterocycles. The van der Waals surface area contributed by atoms with E-state index in [2.05, 4.69) is 215 Å². The monoisotopic (exact) mass is 684 g/mol. The molecule has 0 saturated carbocycles. The van der Waals surface area contributed by atoms with Gasteiger partial charge >= 0.3 is 0 Å². The average Bonchev–Trinajstić information content (AvgIpc) is 3.17. The summed E-state index contributed by atoms with van der Waals surface area (Å²) < 4.78 is 0. The van der Waals surface area contributed by atoms with E-state index in [1.807, 2.05) is 0 Å². The summed E-state index contributed by atoms with van der Waals surface area (Å²) in [6, 6.07) is 61.2. The van der Waals surface area contributed by atoms with E-state index in [4.69, 9.17) is 0 Å². The first kappa shape index (κ1) is 33.1. The molecule has 2 nitrogen and oxygen atoms in total. The average molecular weight is 685 g/mol. The van der Waals surface area contributed by atoms with Crippen LogP contribution in [-0.2, 0) is 10.8 Å². The van der Waals surface area contributed by atoms with Gasteiger partial charge < -0.3 is 9.80 Å². The van der Waals surface area contributed by atoms with Crippen LogP contribution in [0, 0.1) is 0 Å². The van der Waals surface area contributed by atoms with Crippen LogP contribution in [0.1, 0.15) is 52.7 Å². The minimum absolute atomic E-state index is 0.0586. The minimum Gasteiger partial charge on any atom is -0.311 e. The van der Waals surface area contributed by atoms with Crippen molar-refractivity contribution in [1.29, 1.82) is 0 Å². The lowest BCUT2D eigenvalue weighted by atomic mass is 9.33. The van der Waals surface area contributed by atoms with Gasteiger partial charge in [0.05, 0.1) is 0 Å². The van der Waals surface area contributed by atoms with Crippen molar-refractivity contribution in [3.8, 4) is 22.3 Å². The normalized spacial score (nSPS) is 13.4. The van der Waals surface area contributed by atoms with Gasteiger partial charge in [-0.3, -0.25) is 0 Å². The Morgan fingerprint density at radius 3 is 1.32 bits per heavy atom. The molecule has 0 unspecified atom stereocenters. The van der Waals surface area contributed by atoms with Gasteiger partial charge in [-0.15, -0.1) is 0 Å². The van der Waals surface area contributed by atoms with Crippen LogP contribution in [0.5, 0.6) is 0 Å². The number of hydrogen-bond acceptors (Lipinski definition) is 2. The first-order valence-electron chi connectivity index (χ1n) is 18.9. The smallest absolute Gasteiger partial charge is 0.252 e. The molecule has 0 bridgehead atoms. The van der Waals surface area contributed by atoms with Crippen molar-refractivity contribution in [1.82, 2.24) is 0 Å². The van der Waals surface area contributed by atoms with Gasteiger partial charge in [-0.2, -0.15) is 0 Å².